The standard InChI is InChI=1S/C11H14N4/c1-2-4-10(5-3-1)6-7-14-15-11-12-8-9-13-11/h1-5,8-9,14H,6-7H2,(H2,12,13,15). The van der Waals surface area contributed by atoms with E-state index in [4.69, 9.17) is 0 Å². The number of hydrogen-bond acceptors (Lipinski definition) is 3. The van der Waals surface area contributed by atoms with Gasteiger partial charge in [-0.1, -0.05) is 30.3 Å². The number of hydrazine groups is 1. The first-order chi connectivity index (χ1) is 7.45. The van der Waals surface area contributed by atoms with Crippen LogP contribution in [0.3, 0.4) is 0 Å². The molecule has 0 saturated heterocycles. The van der Waals surface area contributed by atoms with Crippen molar-refractivity contribution in [3.8, 4) is 0 Å². The van der Waals surface area contributed by atoms with E-state index >= 15 is 0 Å². The number of nitrogens with one attached hydrogen (secondary N) is 3. The zero-order valence-electron chi connectivity index (χ0n) is 8.40. The molecule has 0 atom stereocenters. The number of hydrogen-bond donors (Lipinski definition) is 3. The Morgan fingerprint density at radius 1 is 1.20 bits per heavy atom. The summed E-state index contributed by atoms with van der Waals surface area (Å²) in [6.45, 7) is 0.866. The molecule has 0 saturated carbocycles. The molecule has 78 valence electrons. The Hall–Kier alpha value is -1.81. The third-order valence-electron chi connectivity index (χ3n) is 2.09. The van der Waals surface area contributed by atoms with E-state index in [0.717, 1.165) is 18.9 Å². The van der Waals surface area contributed by atoms with Crippen molar-refractivity contribution in [2.75, 3.05) is 12.0 Å². The average molecular weight is 202 g/mol. The molecule has 2 rings (SSSR count). The average Bonchev–Trinajstić information content (AvgIpc) is 2.79. The quantitative estimate of drug-likeness (QED) is 0.509. The predicted molar refractivity (Wildman–Crippen MR) is 60.4 cm³/mol. The molecule has 1 aromatic carbocycles. The zero-order chi connectivity index (χ0) is 10.3. The van der Waals surface area contributed by atoms with Crippen molar-refractivity contribution in [3.63, 3.8) is 0 Å². The number of benzene rings is 1. The maximum Gasteiger partial charge on any atom is 0.214 e. The number of imidazole rings is 1. The molecule has 0 amide bonds. The highest BCUT2D eigenvalue weighted by atomic mass is 15.4. The summed E-state index contributed by atoms with van der Waals surface area (Å²) in [5.74, 6) is 0.739. The van der Waals surface area contributed by atoms with Crippen LogP contribution in [0.25, 0.3) is 0 Å². The molecule has 0 fully saturated rings. The van der Waals surface area contributed by atoms with Gasteiger partial charge in [0.2, 0.25) is 5.95 Å². The summed E-state index contributed by atoms with van der Waals surface area (Å²) in [5, 5.41) is 0. The van der Waals surface area contributed by atoms with Gasteiger partial charge in [0, 0.05) is 18.9 Å². The van der Waals surface area contributed by atoms with Crippen LogP contribution in [0.4, 0.5) is 5.95 Å². The van der Waals surface area contributed by atoms with Crippen LogP contribution in [0.1, 0.15) is 5.56 Å². The lowest BCUT2D eigenvalue weighted by Gasteiger charge is -2.05. The molecule has 0 aliphatic heterocycles. The minimum Gasteiger partial charge on any atom is -0.330 e. The molecule has 0 aliphatic rings. The summed E-state index contributed by atoms with van der Waals surface area (Å²) in [4.78, 5) is 6.98. The minimum atomic E-state index is 0.739. The second-order valence-electron chi connectivity index (χ2n) is 3.23. The van der Waals surface area contributed by atoms with Crippen LogP contribution < -0.4 is 10.9 Å². The summed E-state index contributed by atoms with van der Waals surface area (Å²) in [6, 6.07) is 10.4. The lowest BCUT2D eigenvalue weighted by atomic mass is 10.2. The lowest BCUT2D eigenvalue weighted by Crippen LogP contribution is -2.24. The molecule has 0 spiro atoms. The van der Waals surface area contributed by atoms with Gasteiger partial charge in [0.05, 0.1) is 0 Å². The number of aromatic amines is 1. The van der Waals surface area contributed by atoms with Gasteiger partial charge in [-0.05, 0) is 12.0 Å². The Labute approximate surface area is 88.7 Å². The molecule has 0 aliphatic carbocycles. The molecule has 1 aromatic heterocycles. The van der Waals surface area contributed by atoms with Crippen molar-refractivity contribution >= 4 is 5.95 Å². The first-order valence-corrected chi connectivity index (χ1v) is 4.97. The zero-order valence-corrected chi connectivity index (χ0v) is 8.40. The van der Waals surface area contributed by atoms with Crippen molar-refractivity contribution in [2.45, 2.75) is 6.42 Å². The normalized spacial score (nSPS) is 10.1. The highest BCUT2D eigenvalue weighted by Crippen LogP contribution is 1.98. The number of aromatic nitrogens is 2. The fourth-order valence-corrected chi connectivity index (χ4v) is 1.33. The molecule has 4 heteroatoms. The van der Waals surface area contributed by atoms with E-state index in [0.29, 0.717) is 0 Å². The van der Waals surface area contributed by atoms with Gasteiger partial charge in [-0.15, -0.1) is 0 Å². The van der Waals surface area contributed by atoms with Gasteiger partial charge in [-0.25, -0.2) is 10.4 Å². The molecule has 4 nitrogen and oxygen atoms in total. The Bertz CT molecular complexity index is 369. The van der Waals surface area contributed by atoms with E-state index in [1.807, 2.05) is 6.07 Å². The molecular formula is C11H14N4. The Kier molecular flexibility index (Phi) is 3.35. The van der Waals surface area contributed by atoms with Crippen LogP contribution >= 0.6 is 0 Å². The molecular weight excluding hydrogens is 188 g/mol. The molecule has 0 radical (unpaired) electrons. The number of nitrogens with zero attached hydrogens (tertiary/aromatic N) is 1. The number of rotatable bonds is 5. The first-order valence-electron chi connectivity index (χ1n) is 4.97. The SMILES string of the molecule is c1ccc(CCNNc2ncc[nH]2)cc1. The van der Waals surface area contributed by atoms with Crippen LogP contribution in [0.2, 0.25) is 0 Å². The topological polar surface area (TPSA) is 52.7 Å². The smallest absolute Gasteiger partial charge is 0.214 e. The van der Waals surface area contributed by atoms with E-state index in [-0.39, 0.29) is 0 Å². The van der Waals surface area contributed by atoms with Crippen molar-refractivity contribution in [2.24, 2.45) is 0 Å². The van der Waals surface area contributed by atoms with E-state index in [2.05, 4.69) is 45.1 Å². The van der Waals surface area contributed by atoms with Gasteiger partial charge < -0.3 is 4.98 Å². The maximum atomic E-state index is 4.03. The van der Waals surface area contributed by atoms with Crippen molar-refractivity contribution in [3.05, 3.63) is 48.3 Å². The van der Waals surface area contributed by atoms with Crippen LogP contribution in [-0.2, 0) is 6.42 Å². The largest absolute Gasteiger partial charge is 0.330 e. The summed E-state index contributed by atoms with van der Waals surface area (Å²) in [7, 11) is 0. The highest BCUT2D eigenvalue weighted by molar-refractivity contribution is 5.20. The summed E-state index contributed by atoms with van der Waals surface area (Å²) in [5.41, 5.74) is 7.40. The van der Waals surface area contributed by atoms with Crippen LogP contribution in [0.15, 0.2) is 42.7 Å². The molecule has 2 aromatic rings. The van der Waals surface area contributed by atoms with Crippen molar-refractivity contribution in [1.29, 1.82) is 0 Å². The van der Waals surface area contributed by atoms with Gasteiger partial charge >= 0.3 is 0 Å². The number of anilines is 1. The van der Waals surface area contributed by atoms with Crippen LogP contribution in [0, 0.1) is 0 Å². The van der Waals surface area contributed by atoms with E-state index < -0.39 is 0 Å². The second kappa shape index (κ2) is 5.17. The summed E-state index contributed by atoms with van der Waals surface area (Å²) >= 11 is 0. The van der Waals surface area contributed by atoms with E-state index in [1.54, 1.807) is 12.4 Å². The predicted octanol–water partition coefficient (Wildman–Crippen LogP) is 1.57. The molecule has 0 bridgehead atoms. The summed E-state index contributed by atoms with van der Waals surface area (Å²) in [6.07, 6.45) is 4.48. The van der Waals surface area contributed by atoms with Gasteiger partial charge in [0.15, 0.2) is 0 Å². The van der Waals surface area contributed by atoms with Gasteiger partial charge in [0.25, 0.3) is 0 Å². The number of H-pyrrole nitrogens is 1. The third-order valence-corrected chi connectivity index (χ3v) is 2.09. The fraction of sp³-hybridized carbons (Fsp3) is 0.182. The minimum absolute atomic E-state index is 0.739. The summed E-state index contributed by atoms with van der Waals surface area (Å²) < 4.78 is 0. The fourth-order valence-electron chi connectivity index (χ4n) is 1.33. The van der Waals surface area contributed by atoms with E-state index in [9.17, 15) is 0 Å². The third kappa shape index (κ3) is 3.11. The monoisotopic (exact) mass is 202 g/mol. The van der Waals surface area contributed by atoms with Crippen LogP contribution in [-0.4, -0.2) is 16.5 Å². The molecule has 3 N–H and O–H groups in total. The molecule has 0 unspecified atom stereocenters. The van der Waals surface area contributed by atoms with Gasteiger partial charge in [-0.2, -0.15) is 0 Å². The van der Waals surface area contributed by atoms with Gasteiger partial charge in [0.1, 0.15) is 0 Å². The van der Waals surface area contributed by atoms with Crippen molar-refractivity contribution in [1.82, 2.24) is 15.4 Å². The highest BCUT2D eigenvalue weighted by Gasteiger charge is 1.92. The van der Waals surface area contributed by atoms with Crippen molar-refractivity contribution < 1.29 is 0 Å². The van der Waals surface area contributed by atoms with Crippen LogP contribution in [0.5, 0.6) is 0 Å². The first kappa shape index (κ1) is 9.73. The lowest BCUT2D eigenvalue weighted by molar-refractivity contribution is 0.770. The molecule has 15 heavy (non-hydrogen) atoms. The maximum absolute atomic E-state index is 4.03. The second-order valence-corrected chi connectivity index (χ2v) is 3.23. The Balaban J connectivity index is 1.68. The van der Waals surface area contributed by atoms with Gasteiger partial charge in [-0.3, -0.25) is 5.43 Å². The Morgan fingerprint density at radius 3 is 2.80 bits per heavy atom. The molecule has 1 heterocycles. The van der Waals surface area contributed by atoms with E-state index in [1.165, 1.54) is 5.56 Å². The Morgan fingerprint density at radius 2 is 2.07 bits per heavy atom.